The molecule has 0 amide bonds. The smallest absolute Gasteiger partial charge is 0.160 e. The molecule has 0 atom stereocenters. The summed E-state index contributed by atoms with van der Waals surface area (Å²) < 4.78 is 2.39. The number of nitrogens with zero attached hydrogens (tertiary/aromatic N) is 4. The maximum Gasteiger partial charge on any atom is 0.160 e. The van der Waals surface area contributed by atoms with Crippen molar-refractivity contribution in [3.8, 4) is 62.0 Å². The molecule has 3 heterocycles. The minimum absolute atomic E-state index is 0.690. The average Bonchev–Trinajstić information content (AvgIpc) is 3.73. The number of aromatic nitrogens is 4. The number of hydrogen-bond donors (Lipinski definition) is 0. The lowest BCUT2D eigenvalue weighted by molar-refractivity contribution is 1.18. The Hall–Kier alpha value is -8.73. The summed E-state index contributed by atoms with van der Waals surface area (Å²) in [5.41, 5.74) is 13.7. The third-order valence-electron chi connectivity index (χ3n) is 13.0. The second-order valence-electron chi connectivity index (χ2n) is 16.7. The molecule has 0 unspecified atom stereocenters. The zero-order valence-corrected chi connectivity index (χ0v) is 35.2. The van der Waals surface area contributed by atoms with Gasteiger partial charge in [0.25, 0.3) is 0 Å². The molecule has 0 aliphatic carbocycles. The largest absolute Gasteiger partial charge is 0.309 e. The van der Waals surface area contributed by atoms with Gasteiger partial charge in [0.05, 0.1) is 33.6 Å². The first-order valence-corrected chi connectivity index (χ1v) is 22.1. The maximum atomic E-state index is 5.34. The van der Waals surface area contributed by atoms with Crippen LogP contribution in [0.3, 0.4) is 0 Å². The van der Waals surface area contributed by atoms with Gasteiger partial charge in [-0.2, -0.15) is 0 Å². The van der Waals surface area contributed by atoms with Gasteiger partial charge >= 0.3 is 0 Å². The van der Waals surface area contributed by atoms with E-state index >= 15 is 0 Å². The highest BCUT2D eigenvalue weighted by atomic mass is 15.0. The lowest BCUT2D eigenvalue weighted by Crippen LogP contribution is -1.97. The topological polar surface area (TPSA) is 43.6 Å². The summed E-state index contributed by atoms with van der Waals surface area (Å²) in [4.78, 5) is 15.9. The molecule has 0 aliphatic rings. The van der Waals surface area contributed by atoms with Gasteiger partial charge < -0.3 is 4.57 Å². The van der Waals surface area contributed by atoms with Gasteiger partial charge in [-0.15, -0.1) is 0 Å². The van der Waals surface area contributed by atoms with Crippen LogP contribution in [0.4, 0.5) is 0 Å². The highest BCUT2D eigenvalue weighted by molar-refractivity contribution is 6.29. The van der Waals surface area contributed by atoms with Crippen LogP contribution in [-0.4, -0.2) is 19.5 Å². The average molecular weight is 827 g/mol. The van der Waals surface area contributed by atoms with Crippen molar-refractivity contribution in [1.29, 1.82) is 0 Å². The lowest BCUT2D eigenvalue weighted by Gasteiger charge is -2.13. The molecule has 0 radical (unpaired) electrons. The van der Waals surface area contributed by atoms with Crippen molar-refractivity contribution in [1.82, 2.24) is 19.5 Å². The van der Waals surface area contributed by atoms with Crippen molar-refractivity contribution in [3.05, 3.63) is 231 Å². The van der Waals surface area contributed by atoms with Crippen molar-refractivity contribution in [3.63, 3.8) is 0 Å². The van der Waals surface area contributed by atoms with E-state index in [1.807, 2.05) is 0 Å². The van der Waals surface area contributed by atoms with Crippen LogP contribution in [0.15, 0.2) is 231 Å². The highest BCUT2D eigenvalue weighted by Gasteiger charge is 2.20. The van der Waals surface area contributed by atoms with Gasteiger partial charge in [0.2, 0.25) is 0 Å². The zero-order chi connectivity index (χ0) is 42.8. The Labute approximate surface area is 375 Å². The van der Waals surface area contributed by atoms with E-state index in [0.717, 1.165) is 83.2 Å². The van der Waals surface area contributed by atoms with E-state index in [-0.39, 0.29) is 0 Å². The van der Waals surface area contributed by atoms with Crippen molar-refractivity contribution >= 4 is 65.0 Å². The maximum absolute atomic E-state index is 5.34. The van der Waals surface area contributed by atoms with Crippen LogP contribution >= 0.6 is 0 Å². The van der Waals surface area contributed by atoms with Crippen molar-refractivity contribution in [2.24, 2.45) is 0 Å². The quantitative estimate of drug-likeness (QED) is 0.157. The summed E-state index contributed by atoms with van der Waals surface area (Å²) in [6, 6.07) is 82.0. The van der Waals surface area contributed by atoms with Gasteiger partial charge in [0, 0.05) is 54.9 Å². The molecule has 13 aromatic rings. The van der Waals surface area contributed by atoms with E-state index in [1.54, 1.807) is 0 Å². The van der Waals surface area contributed by atoms with E-state index in [1.165, 1.54) is 38.0 Å². The number of para-hydroxylation sites is 3. The predicted octanol–water partition coefficient (Wildman–Crippen LogP) is 15.9. The molecule has 4 heteroatoms. The fourth-order valence-electron chi connectivity index (χ4n) is 9.96. The molecule has 0 bridgehead atoms. The minimum atomic E-state index is 0.690. The van der Waals surface area contributed by atoms with Crippen LogP contribution < -0.4 is 0 Å². The number of benzene rings is 10. The highest BCUT2D eigenvalue weighted by Crippen LogP contribution is 2.43. The van der Waals surface area contributed by atoms with Crippen LogP contribution in [0.5, 0.6) is 0 Å². The van der Waals surface area contributed by atoms with Crippen LogP contribution in [-0.2, 0) is 0 Å². The van der Waals surface area contributed by atoms with E-state index in [4.69, 9.17) is 15.0 Å². The molecule has 4 nitrogen and oxygen atoms in total. The first kappa shape index (κ1) is 36.9. The summed E-state index contributed by atoms with van der Waals surface area (Å²) in [5.74, 6) is 0.690. The van der Waals surface area contributed by atoms with Gasteiger partial charge in [-0.1, -0.05) is 194 Å². The van der Waals surface area contributed by atoms with E-state index < -0.39 is 0 Å². The summed E-state index contributed by atoms with van der Waals surface area (Å²) >= 11 is 0. The molecule has 13 rings (SSSR count). The van der Waals surface area contributed by atoms with Crippen LogP contribution in [0.2, 0.25) is 0 Å². The molecule has 3 aromatic heterocycles. The Morgan fingerprint density at radius 1 is 0.308 bits per heavy atom. The molecule has 0 aliphatic heterocycles. The fourth-order valence-corrected chi connectivity index (χ4v) is 9.96. The van der Waals surface area contributed by atoms with Crippen LogP contribution in [0.1, 0.15) is 0 Å². The minimum Gasteiger partial charge on any atom is -0.309 e. The first-order valence-electron chi connectivity index (χ1n) is 22.1. The van der Waals surface area contributed by atoms with E-state index in [0.29, 0.717) is 5.82 Å². The van der Waals surface area contributed by atoms with Gasteiger partial charge in [-0.05, 0) is 69.1 Å². The fraction of sp³-hybridized carbons (Fsp3) is 0. The molecule has 0 fully saturated rings. The summed E-state index contributed by atoms with van der Waals surface area (Å²) in [5, 5.41) is 10.7. The summed E-state index contributed by atoms with van der Waals surface area (Å²) in [6.07, 6.45) is 0. The molecule has 10 aromatic carbocycles. The molecule has 0 spiro atoms. The Bertz CT molecular complexity index is 3870. The Morgan fingerprint density at radius 2 is 0.831 bits per heavy atom. The number of fused-ring (bicyclic) bond motifs is 9. The summed E-state index contributed by atoms with van der Waals surface area (Å²) in [7, 11) is 0. The summed E-state index contributed by atoms with van der Waals surface area (Å²) in [6.45, 7) is 0. The second-order valence-corrected chi connectivity index (χ2v) is 16.7. The standard InChI is InChI=1S/C61H38N4/c1-2-18-45(19-3-1)65-56-27-11-9-23-51(56)59-57(65)37-36-52-58(59)50-22-8-10-26-53(50)62-60(52)43-32-28-39(29-33-43)40-30-34-44(35-31-40)61-63-54(48-24-12-16-41-14-4-6-20-46(41)48)38-55(64-61)49-25-13-17-42-15-5-7-21-47(42)49/h1-38H. The molecule has 65 heavy (non-hydrogen) atoms. The van der Waals surface area contributed by atoms with Crippen LogP contribution in [0.25, 0.3) is 127 Å². The van der Waals surface area contributed by atoms with Gasteiger partial charge in [0.15, 0.2) is 5.82 Å². The third-order valence-corrected chi connectivity index (χ3v) is 13.0. The number of hydrogen-bond acceptors (Lipinski definition) is 3. The Morgan fingerprint density at radius 3 is 1.49 bits per heavy atom. The van der Waals surface area contributed by atoms with Gasteiger partial charge in [0.1, 0.15) is 0 Å². The number of pyridine rings is 1. The Kier molecular flexibility index (Phi) is 8.50. The monoisotopic (exact) mass is 826 g/mol. The van der Waals surface area contributed by atoms with Gasteiger partial charge in [-0.3, -0.25) is 0 Å². The molecule has 0 saturated heterocycles. The van der Waals surface area contributed by atoms with Crippen molar-refractivity contribution in [2.75, 3.05) is 0 Å². The van der Waals surface area contributed by atoms with E-state index in [2.05, 4.69) is 235 Å². The van der Waals surface area contributed by atoms with Crippen molar-refractivity contribution in [2.45, 2.75) is 0 Å². The number of rotatable bonds is 6. The third kappa shape index (κ3) is 6.11. The lowest BCUT2D eigenvalue weighted by atomic mass is 9.95. The van der Waals surface area contributed by atoms with Crippen molar-refractivity contribution < 1.29 is 0 Å². The molecule has 0 N–H and O–H groups in total. The molecule has 0 saturated carbocycles. The zero-order valence-electron chi connectivity index (χ0n) is 35.2. The molecular formula is C61H38N4. The molecule has 302 valence electrons. The SMILES string of the molecule is c1ccc(-n2c3ccccc3c3c4c(ccc32)c(-c2ccc(-c3ccc(-c5nc(-c6cccc7ccccc67)cc(-c6cccc7ccccc67)n5)cc3)cc2)nc2ccccc24)cc1. The van der Waals surface area contributed by atoms with Gasteiger partial charge in [-0.25, -0.2) is 15.0 Å². The predicted molar refractivity (Wildman–Crippen MR) is 271 cm³/mol. The molecular weight excluding hydrogens is 789 g/mol. The van der Waals surface area contributed by atoms with E-state index in [9.17, 15) is 0 Å². The normalized spacial score (nSPS) is 11.7. The van der Waals surface area contributed by atoms with Crippen LogP contribution in [0, 0.1) is 0 Å². The first-order chi connectivity index (χ1) is 32.2. The second kappa shape index (κ2) is 15.0. The Balaban J connectivity index is 0.905.